The molecule has 0 unspecified atom stereocenters. The number of thiazole rings is 1. The summed E-state index contributed by atoms with van der Waals surface area (Å²) in [5, 5.41) is 0.892. The van der Waals surface area contributed by atoms with Gasteiger partial charge in [-0.2, -0.15) is 0 Å². The van der Waals surface area contributed by atoms with E-state index in [0.29, 0.717) is 6.61 Å². The van der Waals surface area contributed by atoms with Gasteiger partial charge in [-0.05, 0) is 34.6 Å². The molecule has 17 heavy (non-hydrogen) atoms. The minimum atomic E-state index is -0.202. The van der Waals surface area contributed by atoms with Crippen LogP contribution in [0.15, 0.2) is 0 Å². The van der Waals surface area contributed by atoms with Gasteiger partial charge in [-0.15, -0.1) is 11.3 Å². The van der Waals surface area contributed by atoms with Crippen molar-refractivity contribution >= 4 is 22.4 Å². The zero-order valence-corrected chi connectivity index (χ0v) is 11.9. The Labute approximate surface area is 107 Å². The van der Waals surface area contributed by atoms with Gasteiger partial charge >= 0.3 is 5.97 Å². The van der Waals surface area contributed by atoms with Crippen LogP contribution in [0.5, 0.6) is 0 Å². The third kappa shape index (κ3) is 3.70. The average Bonchev–Trinajstić information content (AvgIpc) is 2.55. The maximum absolute atomic E-state index is 11.5. The second-order valence-electron chi connectivity index (χ2n) is 4.16. The Kier molecular flexibility index (Phi) is 4.93. The molecule has 1 aromatic heterocycles. The Morgan fingerprint density at radius 1 is 1.47 bits per heavy atom. The third-order valence-corrected chi connectivity index (χ3v) is 3.60. The van der Waals surface area contributed by atoms with Crippen LogP contribution in [0.1, 0.15) is 31.3 Å². The number of hydrogen-bond donors (Lipinski definition) is 0. The standard InChI is InChI=1S/C12H20N2O2S/c1-6-16-11(15)7-14(8(2)3)12-13-9(4)10(5)17-12/h8H,6-7H2,1-5H3. The molecule has 0 aliphatic carbocycles. The SMILES string of the molecule is CCOC(=O)CN(c1nc(C)c(C)s1)C(C)C. The number of nitrogens with zero attached hydrogens (tertiary/aromatic N) is 2. The van der Waals surface area contributed by atoms with E-state index >= 15 is 0 Å². The van der Waals surface area contributed by atoms with Crippen molar-refractivity contribution in [2.24, 2.45) is 0 Å². The van der Waals surface area contributed by atoms with Gasteiger partial charge in [0.15, 0.2) is 5.13 Å². The van der Waals surface area contributed by atoms with E-state index < -0.39 is 0 Å². The summed E-state index contributed by atoms with van der Waals surface area (Å²) in [7, 11) is 0. The van der Waals surface area contributed by atoms with Crippen molar-refractivity contribution in [3.63, 3.8) is 0 Å². The van der Waals surface area contributed by atoms with Crippen molar-refractivity contribution in [1.82, 2.24) is 4.98 Å². The van der Waals surface area contributed by atoms with Gasteiger partial charge < -0.3 is 9.64 Å². The van der Waals surface area contributed by atoms with Gasteiger partial charge in [0.25, 0.3) is 0 Å². The summed E-state index contributed by atoms with van der Waals surface area (Å²) in [5.74, 6) is -0.202. The Morgan fingerprint density at radius 2 is 2.12 bits per heavy atom. The largest absolute Gasteiger partial charge is 0.465 e. The van der Waals surface area contributed by atoms with Gasteiger partial charge in [0.2, 0.25) is 0 Å². The third-order valence-electron chi connectivity index (χ3n) is 2.49. The Balaban J connectivity index is 2.82. The van der Waals surface area contributed by atoms with Gasteiger partial charge in [-0.25, -0.2) is 4.98 Å². The van der Waals surface area contributed by atoms with Gasteiger partial charge in [0.1, 0.15) is 6.54 Å². The van der Waals surface area contributed by atoms with Crippen LogP contribution in [0.2, 0.25) is 0 Å². The lowest BCUT2D eigenvalue weighted by Gasteiger charge is -2.24. The molecule has 0 saturated carbocycles. The number of anilines is 1. The first-order valence-corrected chi connectivity index (χ1v) is 6.63. The highest BCUT2D eigenvalue weighted by Gasteiger charge is 2.19. The minimum Gasteiger partial charge on any atom is -0.465 e. The predicted octanol–water partition coefficient (Wildman–Crippen LogP) is 2.54. The quantitative estimate of drug-likeness (QED) is 0.759. The van der Waals surface area contributed by atoms with Crippen molar-refractivity contribution in [1.29, 1.82) is 0 Å². The second kappa shape index (κ2) is 6.00. The molecular formula is C12H20N2O2S. The van der Waals surface area contributed by atoms with Gasteiger partial charge in [-0.3, -0.25) is 4.79 Å². The fourth-order valence-corrected chi connectivity index (χ4v) is 2.44. The lowest BCUT2D eigenvalue weighted by Crippen LogP contribution is -2.36. The topological polar surface area (TPSA) is 42.4 Å². The van der Waals surface area contributed by atoms with E-state index in [4.69, 9.17) is 4.74 Å². The zero-order valence-electron chi connectivity index (χ0n) is 11.1. The molecule has 0 amide bonds. The number of aryl methyl sites for hydroxylation is 2. The summed E-state index contributed by atoms with van der Waals surface area (Å²) in [6.45, 7) is 10.6. The first kappa shape index (κ1) is 14.0. The van der Waals surface area contributed by atoms with E-state index in [9.17, 15) is 4.79 Å². The number of aromatic nitrogens is 1. The number of hydrogen-bond acceptors (Lipinski definition) is 5. The minimum absolute atomic E-state index is 0.202. The molecule has 0 saturated heterocycles. The first-order chi connectivity index (χ1) is 7.95. The van der Waals surface area contributed by atoms with Crippen LogP contribution in [0.4, 0.5) is 5.13 Å². The molecule has 96 valence electrons. The average molecular weight is 256 g/mol. The van der Waals surface area contributed by atoms with Crippen LogP contribution in [0.25, 0.3) is 0 Å². The van der Waals surface area contributed by atoms with Gasteiger partial charge in [-0.1, -0.05) is 0 Å². The molecule has 5 heteroatoms. The van der Waals surface area contributed by atoms with Crippen LogP contribution in [0.3, 0.4) is 0 Å². The van der Waals surface area contributed by atoms with Gasteiger partial charge in [0.05, 0.1) is 12.3 Å². The summed E-state index contributed by atoms with van der Waals surface area (Å²) in [5.41, 5.74) is 1.03. The van der Waals surface area contributed by atoms with E-state index in [1.165, 1.54) is 4.88 Å². The Morgan fingerprint density at radius 3 is 2.53 bits per heavy atom. The maximum atomic E-state index is 11.5. The van der Waals surface area contributed by atoms with Crippen LogP contribution in [-0.2, 0) is 9.53 Å². The van der Waals surface area contributed by atoms with Crippen LogP contribution < -0.4 is 4.90 Å². The predicted molar refractivity (Wildman–Crippen MR) is 70.7 cm³/mol. The number of carbonyl (C=O) groups excluding carboxylic acids is 1. The Hall–Kier alpha value is -1.10. The molecule has 0 spiro atoms. The fourth-order valence-electron chi connectivity index (χ4n) is 1.40. The number of carbonyl (C=O) groups is 1. The molecule has 0 atom stereocenters. The number of esters is 1. The smallest absolute Gasteiger partial charge is 0.325 e. The molecule has 0 bridgehead atoms. The summed E-state index contributed by atoms with van der Waals surface area (Å²) in [6.07, 6.45) is 0. The molecule has 0 aliphatic rings. The molecule has 1 aromatic rings. The van der Waals surface area contributed by atoms with Crippen molar-refractivity contribution in [3.05, 3.63) is 10.6 Å². The normalized spacial score (nSPS) is 10.7. The molecule has 1 rings (SSSR count). The molecule has 4 nitrogen and oxygen atoms in total. The van der Waals surface area contributed by atoms with Crippen LogP contribution >= 0.6 is 11.3 Å². The second-order valence-corrected chi connectivity index (χ2v) is 5.35. The molecule has 1 heterocycles. The van der Waals surface area contributed by atoms with E-state index in [0.717, 1.165) is 10.8 Å². The molecule has 0 radical (unpaired) electrons. The van der Waals surface area contributed by atoms with Crippen molar-refractivity contribution < 1.29 is 9.53 Å². The van der Waals surface area contributed by atoms with E-state index in [1.54, 1.807) is 11.3 Å². The lowest BCUT2D eigenvalue weighted by molar-refractivity contribution is -0.141. The van der Waals surface area contributed by atoms with Crippen molar-refractivity contribution in [2.75, 3.05) is 18.1 Å². The lowest BCUT2D eigenvalue weighted by atomic mass is 10.3. The zero-order chi connectivity index (χ0) is 13.0. The molecule has 0 N–H and O–H groups in total. The Bertz CT molecular complexity index is 368. The summed E-state index contributed by atoms with van der Waals surface area (Å²) in [6, 6.07) is 0.226. The maximum Gasteiger partial charge on any atom is 0.325 e. The molecule has 0 aliphatic heterocycles. The van der Waals surface area contributed by atoms with Gasteiger partial charge in [0, 0.05) is 10.9 Å². The molecular weight excluding hydrogens is 236 g/mol. The molecule has 0 aromatic carbocycles. The van der Waals surface area contributed by atoms with E-state index in [2.05, 4.69) is 4.98 Å². The highest BCUT2D eigenvalue weighted by atomic mass is 32.1. The highest BCUT2D eigenvalue weighted by molar-refractivity contribution is 7.15. The number of rotatable bonds is 5. The van der Waals surface area contributed by atoms with E-state index in [1.807, 2.05) is 39.5 Å². The highest BCUT2D eigenvalue weighted by Crippen LogP contribution is 2.26. The molecule has 0 fully saturated rings. The first-order valence-electron chi connectivity index (χ1n) is 5.82. The fraction of sp³-hybridized carbons (Fsp3) is 0.667. The van der Waals surface area contributed by atoms with Crippen LogP contribution in [-0.4, -0.2) is 30.1 Å². The monoisotopic (exact) mass is 256 g/mol. The number of ether oxygens (including phenoxy) is 1. The van der Waals surface area contributed by atoms with Crippen molar-refractivity contribution in [3.8, 4) is 0 Å². The van der Waals surface area contributed by atoms with E-state index in [-0.39, 0.29) is 18.6 Å². The summed E-state index contributed by atoms with van der Waals surface area (Å²) in [4.78, 5) is 19.2. The van der Waals surface area contributed by atoms with Crippen molar-refractivity contribution in [2.45, 2.75) is 40.7 Å². The van der Waals surface area contributed by atoms with Crippen LogP contribution in [0, 0.1) is 13.8 Å². The summed E-state index contributed by atoms with van der Waals surface area (Å²) < 4.78 is 4.98. The summed E-state index contributed by atoms with van der Waals surface area (Å²) >= 11 is 1.62.